The topological polar surface area (TPSA) is 165 Å². The van der Waals surface area contributed by atoms with Crippen molar-refractivity contribution < 1.29 is 23.8 Å². The van der Waals surface area contributed by atoms with E-state index < -0.39 is 5.97 Å². The molecule has 0 unspecified atom stereocenters. The third-order valence-electron chi connectivity index (χ3n) is 3.98. The number of hydrogen-bond acceptors (Lipinski definition) is 11. The van der Waals surface area contributed by atoms with Crippen molar-refractivity contribution in [1.82, 2.24) is 15.0 Å². The number of nitrogens with one attached hydrogen (secondary N) is 1. The minimum Gasteiger partial charge on any atom is -0.493 e. The predicted octanol–water partition coefficient (Wildman–Crippen LogP) is 1.65. The van der Waals surface area contributed by atoms with Crippen LogP contribution >= 0.6 is 11.3 Å². The molecule has 12 heteroatoms. The van der Waals surface area contributed by atoms with Gasteiger partial charge < -0.3 is 31.0 Å². The molecule has 11 nitrogen and oxygen atoms in total. The zero-order valence-electron chi connectivity index (χ0n) is 16.7. The van der Waals surface area contributed by atoms with E-state index in [0.717, 1.165) is 4.88 Å². The first-order chi connectivity index (χ1) is 14.9. The number of hydrogen-bond donors (Lipinski definition) is 3. The molecule has 0 aliphatic heterocycles. The summed E-state index contributed by atoms with van der Waals surface area (Å²) in [5.41, 5.74) is 11.3. The predicted molar refractivity (Wildman–Crippen MR) is 114 cm³/mol. The van der Waals surface area contributed by atoms with Crippen LogP contribution in [0.4, 0.5) is 17.6 Å². The van der Waals surface area contributed by atoms with Crippen molar-refractivity contribution in [2.45, 2.75) is 13.0 Å². The summed E-state index contributed by atoms with van der Waals surface area (Å²) < 4.78 is 15.8. The Labute approximate surface area is 181 Å². The van der Waals surface area contributed by atoms with E-state index in [-0.39, 0.29) is 47.9 Å². The molecule has 0 aliphatic carbocycles. The first kappa shape index (κ1) is 21.8. The monoisotopic (exact) mass is 444 g/mol. The molecule has 1 amide bonds. The molecule has 1 aromatic carbocycles. The SMILES string of the molecule is COc1cc(NC(=O)Cc2cccs2)c(C(=O)OCc2nc(N)nc(N)n2)cc1OC. The minimum atomic E-state index is -0.745. The number of nitrogen functional groups attached to an aromatic ring is 2. The zero-order chi connectivity index (χ0) is 22.4. The molecule has 0 aliphatic rings. The van der Waals surface area contributed by atoms with Gasteiger partial charge in [-0.15, -0.1) is 11.3 Å². The molecule has 31 heavy (non-hydrogen) atoms. The van der Waals surface area contributed by atoms with Crippen molar-refractivity contribution in [2.75, 3.05) is 31.0 Å². The fourth-order valence-corrected chi connectivity index (χ4v) is 3.35. The van der Waals surface area contributed by atoms with E-state index in [2.05, 4.69) is 20.3 Å². The third-order valence-corrected chi connectivity index (χ3v) is 4.86. The van der Waals surface area contributed by atoms with Crippen molar-refractivity contribution in [3.05, 3.63) is 45.9 Å². The molecule has 5 N–H and O–H groups in total. The number of carbonyl (C=O) groups excluding carboxylic acids is 2. The van der Waals surface area contributed by atoms with Crippen LogP contribution in [0.1, 0.15) is 21.1 Å². The number of methoxy groups -OCH3 is 2. The molecular formula is C19H20N6O5S. The number of thiophene rings is 1. The average molecular weight is 444 g/mol. The summed E-state index contributed by atoms with van der Waals surface area (Å²) in [6.07, 6.45) is 0.157. The lowest BCUT2D eigenvalue weighted by molar-refractivity contribution is -0.115. The number of aromatic nitrogens is 3. The normalized spacial score (nSPS) is 10.4. The Kier molecular flexibility index (Phi) is 6.82. The maximum absolute atomic E-state index is 12.8. The molecule has 0 fully saturated rings. The largest absolute Gasteiger partial charge is 0.493 e. The average Bonchev–Trinajstić information content (AvgIpc) is 3.23. The number of anilines is 3. The second-order valence-electron chi connectivity index (χ2n) is 6.10. The van der Waals surface area contributed by atoms with Crippen LogP contribution in [-0.4, -0.2) is 41.0 Å². The number of rotatable bonds is 8. The Morgan fingerprint density at radius 3 is 2.35 bits per heavy atom. The molecule has 2 heterocycles. The molecule has 0 atom stereocenters. The highest BCUT2D eigenvalue weighted by molar-refractivity contribution is 7.10. The minimum absolute atomic E-state index is 0.0622. The van der Waals surface area contributed by atoms with Crippen molar-refractivity contribution in [3.63, 3.8) is 0 Å². The van der Waals surface area contributed by atoms with Gasteiger partial charge in [0.2, 0.25) is 17.8 Å². The van der Waals surface area contributed by atoms with Gasteiger partial charge in [0.25, 0.3) is 0 Å². The maximum Gasteiger partial charge on any atom is 0.340 e. The van der Waals surface area contributed by atoms with Crippen molar-refractivity contribution in [2.24, 2.45) is 0 Å². The van der Waals surface area contributed by atoms with Gasteiger partial charge in [-0.25, -0.2) is 4.79 Å². The molecule has 0 spiro atoms. The molecule has 0 saturated carbocycles. The molecule has 3 rings (SSSR count). The smallest absolute Gasteiger partial charge is 0.340 e. The number of nitrogens with zero attached hydrogens (tertiary/aromatic N) is 3. The Morgan fingerprint density at radius 1 is 1.06 bits per heavy atom. The summed E-state index contributed by atoms with van der Waals surface area (Å²) >= 11 is 1.46. The van der Waals surface area contributed by atoms with Crippen LogP contribution in [0.2, 0.25) is 0 Å². The highest BCUT2D eigenvalue weighted by Gasteiger charge is 2.20. The summed E-state index contributed by atoms with van der Waals surface area (Å²) in [5.74, 6) is -0.519. The summed E-state index contributed by atoms with van der Waals surface area (Å²) in [7, 11) is 2.88. The van der Waals surface area contributed by atoms with Gasteiger partial charge in [0, 0.05) is 17.0 Å². The lowest BCUT2D eigenvalue weighted by Crippen LogP contribution is -2.18. The van der Waals surface area contributed by atoms with E-state index in [9.17, 15) is 9.59 Å². The van der Waals surface area contributed by atoms with Crippen LogP contribution in [0.3, 0.4) is 0 Å². The lowest BCUT2D eigenvalue weighted by Gasteiger charge is -2.15. The second kappa shape index (κ2) is 9.71. The molecular weight excluding hydrogens is 424 g/mol. The highest BCUT2D eigenvalue weighted by Crippen LogP contribution is 2.34. The van der Waals surface area contributed by atoms with Gasteiger partial charge in [0.05, 0.1) is 31.9 Å². The molecule has 3 aromatic rings. The number of esters is 1. The van der Waals surface area contributed by atoms with E-state index >= 15 is 0 Å². The molecule has 0 radical (unpaired) electrons. The van der Waals surface area contributed by atoms with E-state index in [0.29, 0.717) is 11.5 Å². The maximum atomic E-state index is 12.8. The first-order valence-corrected chi connectivity index (χ1v) is 9.78. The van der Waals surface area contributed by atoms with Crippen molar-refractivity contribution in [3.8, 4) is 11.5 Å². The van der Waals surface area contributed by atoms with E-state index in [4.69, 9.17) is 25.7 Å². The zero-order valence-corrected chi connectivity index (χ0v) is 17.6. The fourth-order valence-electron chi connectivity index (χ4n) is 2.65. The number of benzene rings is 1. The standard InChI is InChI=1S/C19H20N6O5S/c1-28-13-7-11(17(27)30-9-15-23-18(20)25-19(21)24-15)12(8-14(13)29-2)22-16(26)6-10-4-3-5-31-10/h3-5,7-8H,6,9H2,1-2H3,(H,22,26)(H4,20,21,23,24,25). The van der Waals surface area contributed by atoms with Gasteiger partial charge in [0.15, 0.2) is 23.9 Å². The van der Waals surface area contributed by atoms with E-state index in [1.807, 2.05) is 17.5 Å². The molecule has 2 aromatic heterocycles. The van der Waals surface area contributed by atoms with E-state index in [1.54, 1.807) is 0 Å². The van der Waals surface area contributed by atoms with Gasteiger partial charge in [-0.05, 0) is 11.4 Å². The Morgan fingerprint density at radius 2 is 1.74 bits per heavy atom. The van der Waals surface area contributed by atoms with Crippen LogP contribution in [-0.2, 0) is 22.6 Å². The summed E-state index contributed by atoms with van der Waals surface area (Å²) in [6.45, 7) is -0.299. The molecule has 0 bridgehead atoms. The Balaban J connectivity index is 1.83. The van der Waals surface area contributed by atoms with Gasteiger partial charge >= 0.3 is 5.97 Å². The molecule has 0 saturated heterocycles. The van der Waals surface area contributed by atoms with Crippen LogP contribution in [0.25, 0.3) is 0 Å². The van der Waals surface area contributed by atoms with Crippen LogP contribution in [0.15, 0.2) is 29.6 Å². The second-order valence-corrected chi connectivity index (χ2v) is 7.13. The first-order valence-electron chi connectivity index (χ1n) is 8.91. The summed E-state index contributed by atoms with van der Waals surface area (Å²) in [5, 5.41) is 4.60. The summed E-state index contributed by atoms with van der Waals surface area (Å²) in [6, 6.07) is 6.60. The Bertz CT molecular complexity index is 1070. The highest BCUT2D eigenvalue weighted by atomic mass is 32.1. The van der Waals surface area contributed by atoms with Gasteiger partial charge in [-0.1, -0.05) is 6.07 Å². The quantitative estimate of drug-likeness (QED) is 0.435. The van der Waals surface area contributed by atoms with Gasteiger partial charge in [0.1, 0.15) is 0 Å². The number of ether oxygens (including phenoxy) is 3. The number of nitrogens with two attached hydrogens (primary N) is 2. The van der Waals surface area contributed by atoms with Crippen molar-refractivity contribution >= 4 is 40.8 Å². The molecule has 162 valence electrons. The van der Waals surface area contributed by atoms with Gasteiger partial charge in [-0.2, -0.15) is 15.0 Å². The lowest BCUT2D eigenvalue weighted by atomic mass is 10.1. The van der Waals surface area contributed by atoms with Gasteiger partial charge in [-0.3, -0.25) is 4.79 Å². The summed E-state index contributed by atoms with van der Waals surface area (Å²) in [4.78, 5) is 37.5. The van der Waals surface area contributed by atoms with E-state index in [1.165, 1.54) is 37.7 Å². The third kappa shape index (κ3) is 5.57. The number of carbonyl (C=O) groups is 2. The van der Waals surface area contributed by atoms with Crippen LogP contribution in [0.5, 0.6) is 11.5 Å². The van der Waals surface area contributed by atoms with Crippen LogP contribution < -0.4 is 26.3 Å². The fraction of sp³-hybridized carbons (Fsp3) is 0.211. The Hall–Kier alpha value is -3.93. The number of amides is 1. The van der Waals surface area contributed by atoms with Crippen LogP contribution in [0, 0.1) is 0 Å². The van der Waals surface area contributed by atoms with Crippen molar-refractivity contribution in [1.29, 1.82) is 0 Å².